The fourth-order valence-electron chi connectivity index (χ4n) is 2.27. The van der Waals surface area contributed by atoms with E-state index in [-0.39, 0.29) is 24.1 Å². The first kappa shape index (κ1) is 15.9. The highest BCUT2D eigenvalue weighted by Gasteiger charge is 2.15. The summed E-state index contributed by atoms with van der Waals surface area (Å²) < 4.78 is 1.38. The Hall–Kier alpha value is -1.99. The van der Waals surface area contributed by atoms with Crippen LogP contribution < -0.4 is 10.9 Å². The Balaban J connectivity index is 1.97. The third kappa shape index (κ3) is 3.20. The number of aromatic nitrogens is 2. The molecule has 1 amide bonds. The molecule has 0 aliphatic rings. The molecule has 0 aliphatic carbocycles. The van der Waals surface area contributed by atoms with Gasteiger partial charge in [-0.15, -0.1) is 22.7 Å². The smallest absolute Gasteiger partial charge is 0.263 e. The third-order valence-electron chi connectivity index (χ3n) is 3.68. The molecule has 23 heavy (non-hydrogen) atoms. The first-order valence-corrected chi connectivity index (χ1v) is 9.16. The van der Waals surface area contributed by atoms with Crippen molar-refractivity contribution >= 4 is 38.8 Å². The van der Waals surface area contributed by atoms with E-state index >= 15 is 0 Å². The van der Waals surface area contributed by atoms with E-state index in [0.717, 1.165) is 16.9 Å². The molecule has 0 fully saturated rings. The highest BCUT2D eigenvalue weighted by atomic mass is 32.1. The molecule has 0 spiro atoms. The van der Waals surface area contributed by atoms with Crippen LogP contribution in [0, 0.1) is 0 Å². The van der Waals surface area contributed by atoms with Crippen LogP contribution in [0.4, 0.5) is 0 Å². The van der Waals surface area contributed by atoms with E-state index in [0.29, 0.717) is 10.2 Å². The van der Waals surface area contributed by atoms with Crippen LogP contribution in [0.2, 0.25) is 0 Å². The van der Waals surface area contributed by atoms with E-state index in [9.17, 15) is 9.59 Å². The normalized spacial score (nSPS) is 12.4. The number of fused-ring (bicyclic) bond motifs is 1. The van der Waals surface area contributed by atoms with Gasteiger partial charge in [-0.25, -0.2) is 4.98 Å². The van der Waals surface area contributed by atoms with E-state index in [1.807, 2.05) is 36.7 Å². The Labute approximate surface area is 141 Å². The number of rotatable bonds is 5. The minimum Gasteiger partial charge on any atom is -0.352 e. The molecule has 7 heteroatoms. The van der Waals surface area contributed by atoms with Gasteiger partial charge in [-0.1, -0.05) is 13.0 Å². The van der Waals surface area contributed by atoms with Crippen molar-refractivity contribution in [2.45, 2.75) is 32.9 Å². The van der Waals surface area contributed by atoms with Crippen LogP contribution in [-0.4, -0.2) is 21.5 Å². The van der Waals surface area contributed by atoms with Crippen LogP contribution in [0.15, 0.2) is 34.0 Å². The summed E-state index contributed by atoms with van der Waals surface area (Å²) in [5, 5.41) is 7.39. The maximum atomic E-state index is 12.8. The van der Waals surface area contributed by atoms with Gasteiger partial charge in [0.15, 0.2) is 0 Å². The topological polar surface area (TPSA) is 64.0 Å². The fraction of sp³-hybridized carbons (Fsp3) is 0.312. The summed E-state index contributed by atoms with van der Waals surface area (Å²) in [7, 11) is 0. The first-order chi connectivity index (χ1) is 11.1. The summed E-state index contributed by atoms with van der Waals surface area (Å²) >= 11 is 3.04. The molecular weight excluding hydrogens is 330 g/mol. The number of nitrogens with zero attached hydrogens (tertiary/aromatic N) is 2. The third-order valence-corrected chi connectivity index (χ3v) is 5.47. The molecule has 1 N–H and O–H groups in total. The summed E-state index contributed by atoms with van der Waals surface area (Å²) in [6, 6.07) is 4.04. The second-order valence-corrected chi connectivity index (χ2v) is 7.17. The molecule has 3 aromatic rings. The van der Waals surface area contributed by atoms with Crippen molar-refractivity contribution in [1.82, 2.24) is 14.9 Å². The summed E-state index contributed by atoms with van der Waals surface area (Å²) in [5.41, 5.74) is 0.730. The Morgan fingerprint density at radius 2 is 2.26 bits per heavy atom. The highest BCUT2D eigenvalue weighted by Crippen LogP contribution is 2.33. The van der Waals surface area contributed by atoms with Gasteiger partial charge in [0.2, 0.25) is 5.91 Å². The van der Waals surface area contributed by atoms with Crippen molar-refractivity contribution in [3.05, 3.63) is 39.6 Å². The predicted octanol–water partition coefficient (Wildman–Crippen LogP) is 3.10. The second-order valence-electron chi connectivity index (χ2n) is 5.36. The van der Waals surface area contributed by atoms with Gasteiger partial charge in [0.25, 0.3) is 5.56 Å². The van der Waals surface area contributed by atoms with Gasteiger partial charge < -0.3 is 5.32 Å². The number of hydrogen-bond acceptors (Lipinski definition) is 5. The highest BCUT2D eigenvalue weighted by molar-refractivity contribution is 7.18. The minimum atomic E-state index is -0.171. The fourth-order valence-corrected chi connectivity index (χ4v) is 3.99. The molecule has 0 saturated heterocycles. The van der Waals surface area contributed by atoms with E-state index in [4.69, 9.17) is 0 Å². The first-order valence-electron chi connectivity index (χ1n) is 7.40. The Morgan fingerprint density at radius 3 is 2.96 bits per heavy atom. The average molecular weight is 347 g/mol. The molecule has 0 unspecified atom stereocenters. The number of carbonyl (C=O) groups is 1. The van der Waals surface area contributed by atoms with Crippen molar-refractivity contribution in [2.75, 3.05) is 0 Å². The number of amides is 1. The Kier molecular flexibility index (Phi) is 4.58. The summed E-state index contributed by atoms with van der Waals surface area (Å²) in [4.78, 5) is 30.9. The summed E-state index contributed by atoms with van der Waals surface area (Å²) in [5.74, 6) is -0.171. The molecule has 0 aliphatic heterocycles. The van der Waals surface area contributed by atoms with Crippen LogP contribution >= 0.6 is 22.7 Å². The van der Waals surface area contributed by atoms with Gasteiger partial charge in [-0.05, 0) is 24.8 Å². The maximum absolute atomic E-state index is 12.8. The van der Waals surface area contributed by atoms with Gasteiger partial charge in [-0.3, -0.25) is 14.2 Å². The van der Waals surface area contributed by atoms with Crippen molar-refractivity contribution < 1.29 is 4.79 Å². The standard InChI is InChI=1S/C16H17N3O2S2/c1-3-10(2)18-13(20)7-19-9-17-15-14(16(19)21)11(8-23-15)12-5-4-6-22-12/h4-6,8-10H,3,7H2,1-2H3,(H,18,20)/t10-/m0/s1. The van der Waals surface area contributed by atoms with E-state index in [1.165, 1.54) is 22.2 Å². The van der Waals surface area contributed by atoms with Crippen LogP contribution in [-0.2, 0) is 11.3 Å². The number of nitrogens with one attached hydrogen (secondary N) is 1. The van der Waals surface area contributed by atoms with Gasteiger partial charge in [0, 0.05) is 21.9 Å². The van der Waals surface area contributed by atoms with Crippen molar-refractivity contribution in [3.8, 4) is 10.4 Å². The Bertz CT molecular complexity index is 881. The molecule has 5 nitrogen and oxygen atoms in total. The van der Waals surface area contributed by atoms with E-state index in [1.54, 1.807) is 11.3 Å². The van der Waals surface area contributed by atoms with Crippen molar-refractivity contribution in [3.63, 3.8) is 0 Å². The van der Waals surface area contributed by atoms with Crippen LogP contribution in [0.5, 0.6) is 0 Å². The largest absolute Gasteiger partial charge is 0.352 e. The Morgan fingerprint density at radius 1 is 1.43 bits per heavy atom. The quantitative estimate of drug-likeness (QED) is 0.771. The molecule has 0 aromatic carbocycles. The van der Waals surface area contributed by atoms with Crippen molar-refractivity contribution in [1.29, 1.82) is 0 Å². The second kappa shape index (κ2) is 6.64. The molecule has 3 aromatic heterocycles. The lowest BCUT2D eigenvalue weighted by Crippen LogP contribution is -2.37. The zero-order valence-electron chi connectivity index (χ0n) is 12.9. The zero-order chi connectivity index (χ0) is 16.4. The van der Waals surface area contributed by atoms with Crippen molar-refractivity contribution in [2.24, 2.45) is 0 Å². The molecule has 3 heterocycles. The number of carbonyl (C=O) groups excluding carboxylic acids is 1. The maximum Gasteiger partial charge on any atom is 0.263 e. The van der Waals surface area contributed by atoms with Gasteiger partial charge >= 0.3 is 0 Å². The number of hydrogen-bond donors (Lipinski definition) is 1. The zero-order valence-corrected chi connectivity index (χ0v) is 14.5. The lowest BCUT2D eigenvalue weighted by molar-refractivity contribution is -0.122. The molecule has 1 atom stereocenters. The average Bonchev–Trinajstić information content (AvgIpc) is 3.18. The predicted molar refractivity (Wildman–Crippen MR) is 95.1 cm³/mol. The molecular formula is C16H17N3O2S2. The van der Waals surface area contributed by atoms with Crippen LogP contribution in [0.3, 0.4) is 0 Å². The monoisotopic (exact) mass is 347 g/mol. The van der Waals surface area contributed by atoms with Crippen LogP contribution in [0.25, 0.3) is 20.7 Å². The van der Waals surface area contributed by atoms with Crippen LogP contribution in [0.1, 0.15) is 20.3 Å². The minimum absolute atomic E-state index is 0.00809. The molecule has 0 saturated carbocycles. The lowest BCUT2D eigenvalue weighted by atomic mass is 10.2. The SMILES string of the molecule is CC[C@H](C)NC(=O)Cn1cnc2scc(-c3cccs3)c2c1=O. The van der Waals surface area contributed by atoms with E-state index < -0.39 is 0 Å². The van der Waals surface area contributed by atoms with Gasteiger partial charge in [0.1, 0.15) is 11.4 Å². The van der Waals surface area contributed by atoms with Gasteiger partial charge in [-0.2, -0.15) is 0 Å². The van der Waals surface area contributed by atoms with Gasteiger partial charge in [0.05, 0.1) is 11.7 Å². The summed E-state index contributed by atoms with van der Waals surface area (Å²) in [6.45, 7) is 3.94. The summed E-state index contributed by atoms with van der Waals surface area (Å²) in [6.07, 6.45) is 2.31. The molecule has 0 bridgehead atoms. The molecule has 3 rings (SSSR count). The van der Waals surface area contributed by atoms with E-state index in [2.05, 4.69) is 10.3 Å². The molecule has 0 radical (unpaired) electrons. The molecule has 120 valence electrons. The number of thiophene rings is 2. The lowest BCUT2D eigenvalue weighted by Gasteiger charge is -2.12.